The SMILES string of the molecule is CC1CC(C)CC(Oc2c(F)cccc2CNC2CC2)C1. The van der Waals surface area contributed by atoms with Crippen LogP contribution in [0.4, 0.5) is 4.39 Å². The van der Waals surface area contributed by atoms with Gasteiger partial charge in [-0.05, 0) is 50.0 Å². The number of ether oxygens (including phenoxy) is 1. The van der Waals surface area contributed by atoms with Crippen molar-refractivity contribution in [2.24, 2.45) is 11.8 Å². The maximum absolute atomic E-state index is 14.2. The van der Waals surface area contributed by atoms with Crippen LogP contribution in [0, 0.1) is 17.7 Å². The third kappa shape index (κ3) is 3.97. The molecule has 3 rings (SSSR count). The second kappa shape index (κ2) is 6.35. The number of para-hydroxylation sites is 1. The highest BCUT2D eigenvalue weighted by Crippen LogP contribution is 2.33. The summed E-state index contributed by atoms with van der Waals surface area (Å²) >= 11 is 0. The smallest absolute Gasteiger partial charge is 0.165 e. The molecule has 2 aliphatic carbocycles. The molecule has 0 aromatic heterocycles. The third-order valence-corrected chi connectivity index (χ3v) is 4.63. The minimum Gasteiger partial charge on any atom is -0.487 e. The fourth-order valence-electron chi connectivity index (χ4n) is 3.50. The van der Waals surface area contributed by atoms with E-state index in [0.29, 0.717) is 30.2 Å². The van der Waals surface area contributed by atoms with E-state index in [9.17, 15) is 4.39 Å². The van der Waals surface area contributed by atoms with Crippen LogP contribution in [0.1, 0.15) is 51.5 Å². The summed E-state index contributed by atoms with van der Waals surface area (Å²) in [7, 11) is 0. The summed E-state index contributed by atoms with van der Waals surface area (Å²) in [6, 6.07) is 5.88. The highest BCUT2D eigenvalue weighted by Gasteiger charge is 2.27. The molecule has 2 unspecified atom stereocenters. The fourth-order valence-corrected chi connectivity index (χ4v) is 3.50. The first-order valence-electron chi connectivity index (χ1n) is 8.29. The molecule has 2 saturated carbocycles. The van der Waals surface area contributed by atoms with Gasteiger partial charge in [0.05, 0.1) is 6.10 Å². The zero-order valence-corrected chi connectivity index (χ0v) is 13.1. The largest absolute Gasteiger partial charge is 0.487 e. The lowest BCUT2D eigenvalue weighted by molar-refractivity contribution is 0.0959. The second-order valence-electron chi connectivity index (χ2n) is 7.04. The van der Waals surface area contributed by atoms with E-state index >= 15 is 0 Å². The number of rotatable bonds is 5. The molecule has 0 amide bonds. The Balaban J connectivity index is 1.70. The van der Waals surface area contributed by atoms with Gasteiger partial charge in [-0.25, -0.2) is 4.39 Å². The standard InChI is InChI=1S/C18H26FNO/c1-12-8-13(2)10-16(9-12)21-18-14(4-3-5-17(18)19)11-20-15-6-7-15/h3-5,12-13,15-16,20H,6-11H2,1-2H3. The Morgan fingerprint density at radius 1 is 1.14 bits per heavy atom. The van der Waals surface area contributed by atoms with Gasteiger partial charge >= 0.3 is 0 Å². The van der Waals surface area contributed by atoms with Crippen LogP contribution < -0.4 is 10.1 Å². The van der Waals surface area contributed by atoms with Crippen molar-refractivity contribution in [2.75, 3.05) is 0 Å². The molecule has 0 bridgehead atoms. The van der Waals surface area contributed by atoms with Gasteiger partial charge in [-0.1, -0.05) is 26.0 Å². The van der Waals surface area contributed by atoms with E-state index in [1.165, 1.54) is 25.3 Å². The van der Waals surface area contributed by atoms with Crippen LogP contribution >= 0.6 is 0 Å². The topological polar surface area (TPSA) is 21.3 Å². The Kier molecular flexibility index (Phi) is 4.48. The van der Waals surface area contributed by atoms with Crippen LogP contribution in [-0.4, -0.2) is 12.1 Å². The number of nitrogens with one attached hydrogen (secondary N) is 1. The maximum atomic E-state index is 14.2. The third-order valence-electron chi connectivity index (χ3n) is 4.63. The van der Waals surface area contributed by atoms with Gasteiger partial charge in [-0.15, -0.1) is 0 Å². The highest BCUT2D eigenvalue weighted by molar-refractivity contribution is 5.35. The first-order valence-corrected chi connectivity index (χ1v) is 8.29. The molecule has 2 atom stereocenters. The van der Waals surface area contributed by atoms with Crippen LogP contribution in [0.25, 0.3) is 0 Å². The van der Waals surface area contributed by atoms with E-state index in [1.54, 1.807) is 6.07 Å². The number of hydrogen-bond donors (Lipinski definition) is 1. The van der Waals surface area contributed by atoms with Crippen molar-refractivity contribution in [3.63, 3.8) is 0 Å². The lowest BCUT2D eigenvalue weighted by atomic mass is 9.82. The van der Waals surface area contributed by atoms with Crippen LogP contribution in [-0.2, 0) is 6.54 Å². The monoisotopic (exact) mass is 291 g/mol. The molecule has 2 nitrogen and oxygen atoms in total. The summed E-state index contributed by atoms with van der Waals surface area (Å²) in [5.41, 5.74) is 0.952. The van der Waals surface area contributed by atoms with Gasteiger partial charge in [0.1, 0.15) is 0 Å². The van der Waals surface area contributed by atoms with Gasteiger partial charge in [-0.3, -0.25) is 0 Å². The van der Waals surface area contributed by atoms with Crippen LogP contribution in [0.3, 0.4) is 0 Å². The van der Waals surface area contributed by atoms with Crippen molar-refractivity contribution in [1.82, 2.24) is 5.32 Å². The minimum absolute atomic E-state index is 0.153. The van der Waals surface area contributed by atoms with Crippen LogP contribution in [0.2, 0.25) is 0 Å². The average molecular weight is 291 g/mol. The van der Waals surface area contributed by atoms with Gasteiger partial charge in [0.2, 0.25) is 0 Å². The first kappa shape index (κ1) is 14.8. The van der Waals surface area contributed by atoms with Gasteiger partial charge in [-0.2, -0.15) is 0 Å². The molecule has 21 heavy (non-hydrogen) atoms. The molecule has 0 spiro atoms. The second-order valence-corrected chi connectivity index (χ2v) is 7.04. The Bertz CT molecular complexity index is 476. The van der Waals surface area contributed by atoms with Crippen molar-refractivity contribution < 1.29 is 9.13 Å². The molecule has 1 N–H and O–H groups in total. The summed E-state index contributed by atoms with van der Waals surface area (Å²) in [6.45, 7) is 5.24. The lowest BCUT2D eigenvalue weighted by Crippen LogP contribution is -2.29. The Morgan fingerprint density at radius 2 is 1.86 bits per heavy atom. The molecule has 0 heterocycles. The van der Waals surface area contributed by atoms with E-state index in [2.05, 4.69) is 19.2 Å². The maximum Gasteiger partial charge on any atom is 0.165 e. The fraction of sp³-hybridized carbons (Fsp3) is 0.667. The zero-order valence-electron chi connectivity index (χ0n) is 13.1. The van der Waals surface area contributed by atoms with Gasteiger partial charge in [0.25, 0.3) is 0 Å². The summed E-state index contributed by atoms with van der Waals surface area (Å²) in [4.78, 5) is 0. The number of benzene rings is 1. The molecule has 2 fully saturated rings. The van der Waals surface area contributed by atoms with Crippen molar-refractivity contribution >= 4 is 0 Å². The van der Waals surface area contributed by atoms with Crippen LogP contribution in [0.5, 0.6) is 5.75 Å². The summed E-state index contributed by atoms with van der Waals surface area (Å²) in [5.74, 6) is 1.57. The van der Waals surface area contributed by atoms with Crippen molar-refractivity contribution in [3.8, 4) is 5.75 Å². The summed E-state index contributed by atoms with van der Waals surface area (Å²) in [6.07, 6.45) is 5.96. The van der Waals surface area contributed by atoms with E-state index in [0.717, 1.165) is 18.4 Å². The summed E-state index contributed by atoms with van der Waals surface area (Å²) < 4.78 is 20.3. The molecule has 0 saturated heterocycles. The van der Waals surface area contributed by atoms with E-state index in [1.807, 2.05) is 6.07 Å². The molecule has 3 heteroatoms. The van der Waals surface area contributed by atoms with E-state index in [-0.39, 0.29) is 11.9 Å². The molecule has 116 valence electrons. The Hall–Kier alpha value is -1.09. The van der Waals surface area contributed by atoms with Crippen molar-refractivity contribution in [2.45, 2.75) is 64.6 Å². The molecular weight excluding hydrogens is 265 g/mol. The molecule has 2 aliphatic rings. The van der Waals surface area contributed by atoms with Gasteiger partial charge in [0, 0.05) is 18.2 Å². The minimum atomic E-state index is -0.226. The Labute approximate surface area is 127 Å². The zero-order chi connectivity index (χ0) is 14.8. The van der Waals surface area contributed by atoms with Crippen LogP contribution in [0.15, 0.2) is 18.2 Å². The predicted molar refractivity (Wildman–Crippen MR) is 82.9 cm³/mol. The normalized spacial score (nSPS) is 29.4. The quantitative estimate of drug-likeness (QED) is 0.874. The average Bonchev–Trinajstić information content (AvgIpc) is 3.22. The highest BCUT2D eigenvalue weighted by atomic mass is 19.1. The van der Waals surface area contributed by atoms with E-state index in [4.69, 9.17) is 4.74 Å². The molecule has 1 aromatic carbocycles. The van der Waals surface area contributed by atoms with Crippen molar-refractivity contribution in [1.29, 1.82) is 0 Å². The summed E-state index contributed by atoms with van der Waals surface area (Å²) in [5, 5.41) is 3.45. The lowest BCUT2D eigenvalue weighted by Gasteiger charge is -2.32. The van der Waals surface area contributed by atoms with Gasteiger partial charge in [0.15, 0.2) is 11.6 Å². The first-order chi connectivity index (χ1) is 10.1. The Morgan fingerprint density at radius 3 is 2.52 bits per heavy atom. The predicted octanol–water partition coefficient (Wildman–Crippen LogP) is 4.28. The number of hydrogen-bond acceptors (Lipinski definition) is 2. The van der Waals surface area contributed by atoms with E-state index < -0.39 is 0 Å². The van der Waals surface area contributed by atoms with Crippen molar-refractivity contribution in [3.05, 3.63) is 29.6 Å². The number of halogens is 1. The van der Waals surface area contributed by atoms with Gasteiger partial charge < -0.3 is 10.1 Å². The molecule has 0 radical (unpaired) electrons. The molecular formula is C18H26FNO. The molecule has 1 aromatic rings. The molecule has 0 aliphatic heterocycles.